The van der Waals surface area contributed by atoms with Crippen LogP contribution in [0.25, 0.3) is 0 Å². The summed E-state index contributed by atoms with van der Waals surface area (Å²) >= 11 is 3.60. The van der Waals surface area contributed by atoms with Crippen LogP contribution >= 0.6 is 15.9 Å². The van der Waals surface area contributed by atoms with E-state index in [0.29, 0.717) is 6.54 Å². The summed E-state index contributed by atoms with van der Waals surface area (Å²) < 4.78 is 2.94. The van der Waals surface area contributed by atoms with Gasteiger partial charge in [0.1, 0.15) is 0 Å². The largest absolute Gasteiger partial charge is 0.337 e. The maximum absolute atomic E-state index is 12.1. The van der Waals surface area contributed by atoms with E-state index in [-0.39, 0.29) is 11.8 Å². The molecule has 18 heavy (non-hydrogen) atoms. The summed E-state index contributed by atoms with van der Waals surface area (Å²) in [6.07, 6.45) is 3.02. The average molecular weight is 314 g/mol. The molecular weight excluding hydrogens is 294 g/mol. The van der Waals surface area contributed by atoms with Crippen molar-refractivity contribution < 1.29 is 4.79 Å². The van der Waals surface area contributed by atoms with Crippen molar-refractivity contribution in [3.8, 4) is 0 Å². The van der Waals surface area contributed by atoms with E-state index < -0.39 is 0 Å². The SMILES string of the molecule is CCc1nn(C)c(CN2CCCC(C)C2=O)c1Br. The highest BCUT2D eigenvalue weighted by Gasteiger charge is 2.26. The van der Waals surface area contributed by atoms with E-state index in [1.165, 1.54) is 0 Å². The molecule has 1 saturated heterocycles. The van der Waals surface area contributed by atoms with E-state index in [1.807, 2.05) is 23.6 Å². The molecule has 1 atom stereocenters. The summed E-state index contributed by atoms with van der Waals surface area (Å²) in [7, 11) is 1.94. The maximum Gasteiger partial charge on any atom is 0.225 e. The molecule has 1 aromatic heterocycles. The molecule has 1 unspecified atom stereocenters. The fraction of sp³-hybridized carbons (Fsp3) is 0.692. The number of likely N-dealkylation sites (tertiary alicyclic amines) is 1. The van der Waals surface area contributed by atoms with Gasteiger partial charge in [0, 0.05) is 19.5 Å². The number of aryl methyl sites for hydroxylation is 2. The summed E-state index contributed by atoms with van der Waals surface area (Å²) in [6, 6.07) is 0. The number of amides is 1. The van der Waals surface area contributed by atoms with E-state index in [2.05, 4.69) is 28.0 Å². The van der Waals surface area contributed by atoms with Gasteiger partial charge in [-0.3, -0.25) is 9.48 Å². The normalized spacial score (nSPS) is 20.6. The van der Waals surface area contributed by atoms with Gasteiger partial charge < -0.3 is 4.90 Å². The maximum atomic E-state index is 12.1. The fourth-order valence-electron chi connectivity index (χ4n) is 2.46. The molecule has 0 spiro atoms. The first kappa shape index (κ1) is 13.6. The van der Waals surface area contributed by atoms with Gasteiger partial charge in [0.2, 0.25) is 5.91 Å². The summed E-state index contributed by atoms with van der Waals surface area (Å²) in [6.45, 7) is 5.63. The third-order valence-electron chi connectivity index (χ3n) is 3.64. The third-order valence-corrected chi connectivity index (χ3v) is 4.56. The summed E-state index contributed by atoms with van der Waals surface area (Å²) in [5, 5.41) is 4.47. The molecule has 0 N–H and O–H groups in total. The molecule has 1 aliphatic heterocycles. The Morgan fingerprint density at radius 3 is 2.83 bits per heavy atom. The molecular formula is C13H20BrN3O. The summed E-state index contributed by atoms with van der Waals surface area (Å²) in [5.74, 6) is 0.434. The van der Waals surface area contributed by atoms with E-state index >= 15 is 0 Å². The summed E-state index contributed by atoms with van der Waals surface area (Å²) in [5.41, 5.74) is 2.15. The van der Waals surface area contributed by atoms with Crippen molar-refractivity contribution in [2.75, 3.05) is 6.54 Å². The Morgan fingerprint density at radius 2 is 2.22 bits per heavy atom. The van der Waals surface area contributed by atoms with E-state index in [4.69, 9.17) is 0 Å². The second-order valence-corrected chi connectivity index (χ2v) is 5.78. The minimum Gasteiger partial charge on any atom is -0.337 e. The van der Waals surface area contributed by atoms with Gasteiger partial charge in [0.15, 0.2) is 0 Å². The quantitative estimate of drug-likeness (QED) is 0.860. The number of halogens is 1. The number of carbonyl (C=O) groups is 1. The van der Waals surface area contributed by atoms with Crippen molar-refractivity contribution >= 4 is 21.8 Å². The van der Waals surface area contributed by atoms with Gasteiger partial charge >= 0.3 is 0 Å². The molecule has 1 aliphatic rings. The molecule has 100 valence electrons. The predicted octanol–water partition coefficient (Wildman–Crippen LogP) is 2.50. The first-order valence-electron chi connectivity index (χ1n) is 6.53. The fourth-order valence-corrected chi connectivity index (χ4v) is 3.20. The second kappa shape index (κ2) is 5.43. The van der Waals surface area contributed by atoms with Crippen LogP contribution in [-0.2, 0) is 24.8 Å². The van der Waals surface area contributed by atoms with E-state index in [9.17, 15) is 4.79 Å². The lowest BCUT2D eigenvalue weighted by Crippen LogP contribution is -2.40. The van der Waals surface area contributed by atoms with Gasteiger partial charge in [-0.05, 0) is 35.2 Å². The molecule has 0 bridgehead atoms. The van der Waals surface area contributed by atoms with Gasteiger partial charge in [-0.15, -0.1) is 0 Å². The lowest BCUT2D eigenvalue weighted by molar-refractivity contribution is -0.138. The predicted molar refractivity (Wildman–Crippen MR) is 74.1 cm³/mol. The smallest absolute Gasteiger partial charge is 0.225 e. The zero-order chi connectivity index (χ0) is 13.3. The number of carbonyl (C=O) groups excluding carboxylic acids is 1. The average Bonchev–Trinajstić information content (AvgIpc) is 2.62. The molecule has 1 aromatic rings. The van der Waals surface area contributed by atoms with Crippen LogP contribution in [0.4, 0.5) is 0 Å². The van der Waals surface area contributed by atoms with Crippen molar-refractivity contribution in [1.82, 2.24) is 14.7 Å². The number of piperidine rings is 1. The molecule has 0 saturated carbocycles. The zero-order valence-corrected chi connectivity index (χ0v) is 12.8. The van der Waals surface area contributed by atoms with Crippen LogP contribution in [0.1, 0.15) is 38.1 Å². The minimum atomic E-state index is 0.163. The van der Waals surface area contributed by atoms with Crippen LogP contribution < -0.4 is 0 Å². The lowest BCUT2D eigenvalue weighted by atomic mass is 9.99. The van der Waals surface area contributed by atoms with E-state index in [1.54, 1.807) is 0 Å². The number of nitrogens with zero attached hydrogens (tertiary/aromatic N) is 3. The Balaban J connectivity index is 2.18. The third kappa shape index (κ3) is 2.46. The molecule has 2 rings (SSSR count). The van der Waals surface area contributed by atoms with Crippen LogP contribution in [0.3, 0.4) is 0 Å². The van der Waals surface area contributed by atoms with Gasteiger partial charge in [-0.25, -0.2) is 0 Å². The van der Waals surface area contributed by atoms with Crippen LogP contribution in [-0.4, -0.2) is 27.1 Å². The molecule has 2 heterocycles. The topological polar surface area (TPSA) is 38.1 Å². The van der Waals surface area contributed by atoms with Gasteiger partial charge in [0.25, 0.3) is 0 Å². The van der Waals surface area contributed by atoms with Crippen molar-refractivity contribution in [2.45, 2.75) is 39.7 Å². The van der Waals surface area contributed by atoms with Gasteiger partial charge in [-0.1, -0.05) is 13.8 Å². The number of aromatic nitrogens is 2. The van der Waals surface area contributed by atoms with Crippen LogP contribution in [0.15, 0.2) is 4.47 Å². The summed E-state index contributed by atoms with van der Waals surface area (Å²) in [4.78, 5) is 14.1. The van der Waals surface area contributed by atoms with E-state index in [0.717, 1.165) is 41.7 Å². The zero-order valence-electron chi connectivity index (χ0n) is 11.2. The number of rotatable bonds is 3. The Kier molecular flexibility index (Phi) is 4.10. The monoisotopic (exact) mass is 313 g/mol. The first-order chi connectivity index (χ1) is 8.54. The highest BCUT2D eigenvalue weighted by atomic mass is 79.9. The number of hydrogen-bond acceptors (Lipinski definition) is 2. The molecule has 1 fully saturated rings. The first-order valence-corrected chi connectivity index (χ1v) is 7.33. The standard InChI is InChI=1S/C13H20BrN3O/c1-4-10-12(14)11(16(3)15-10)8-17-7-5-6-9(2)13(17)18/h9H,4-8H2,1-3H3. The van der Waals surface area contributed by atoms with Gasteiger partial charge in [-0.2, -0.15) is 5.10 Å². The van der Waals surface area contributed by atoms with Crippen LogP contribution in [0.5, 0.6) is 0 Å². The van der Waals surface area contributed by atoms with Crippen molar-refractivity contribution in [1.29, 1.82) is 0 Å². The molecule has 1 amide bonds. The Morgan fingerprint density at radius 1 is 1.50 bits per heavy atom. The molecule has 0 radical (unpaired) electrons. The Bertz CT molecular complexity index is 455. The highest BCUT2D eigenvalue weighted by molar-refractivity contribution is 9.10. The van der Waals surface area contributed by atoms with Crippen molar-refractivity contribution in [3.63, 3.8) is 0 Å². The lowest BCUT2D eigenvalue weighted by Gasteiger charge is -2.30. The molecule has 0 aliphatic carbocycles. The Labute approximate surface area is 116 Å². The molecule has 4 nitrogen and oxygen atoms in total. The van der Waals surface area contributed by atoms with Crippen LogP contribution in [0, 0.1) is 5.92 Å². The Hall–Kier alpha value is -0.840. The molecule has 5 heteroatoms. The molecule has 0 aromatic carbocycles. The van der Waals surface area contributed by atoms with Crippen LogP contribution in [0.2, 0.25) is 0 Å². The van der Waals surface area contributed by atoms with Crippen molar-refractivity contribution in [2.24, 2.45) is 13.0 Å². The number of hydrogen-bond donors (Lipinski definition) is 0. The van der Waals surface area contributed by atoms with Gasteiger partial charge in [0.05, 0.1) is 22.4 Å². The minimum absolute atomic E-state index is 0.163. The second-order valence-electron chi connectivity index (χ2n) is 4.99. The highest BCUT2D eigenvalue weighted by Crippen LogP contribution is 2.25. The van der Waals surface area contributed by atoms with Crippen molar-refractivity contribution in [3.05, 3.63) is 15.9 Å².